The normalized spacial score (nSPS) is 11.7. The number of nitrogens with one attached hydrogen (secondary N) is 2. The Morgan fingerprint density at radius 3 is 2.72 bits per heavy atom. The van der Waals surface area contributed by atoms with Crippen molar-refractivity contribution < 1.29 is 14.3 Å². The minimum atomic E-state index is -0.277. The van der Waals surface area contributed by atoms with Crippen LogP contribution in [0.15, 0.2) is 48.0 Å². The Balaban J connectivity index is 1.42. The Kier molecular flexibility index (Phi) is 6.96. The van der Waals surface area contributed by atoms with Crippen LogP contribution >= 0.6 is 11.3 Å². The van der Waals surface area contributed by atoms with E-state index in [4.69, 9.17) is 4.74 Å². The van der Waals surface area contributed by atoms with E-state index in [9.17, 15) is 9.59 Å². The lowest BCUT2D eigenvalue weighted by Gasteiger charge is -2.10. The summed E-state index contributed by atoms with van der Waals surface area (Å²) in [5.74, 6) is 0.392. The number of carbonyl (C=O) groups is 2. The third kappa shape index (κ3) is 5.89. The van der Waals surface area contributed by atoms with Gasteiger partial charge in [0.15, 0.2) is 5.69 Å². The fourth-order valence-corrected chi connectivity index (χ4v) is 3.43. The van der Waals surface area contributed by atoms with Gasteiger partial charge in [0.05, 0.1) is 32.3 Å². The molecule has 3 aromatic rings. The number of hydrogen-bond acceptors (Lipinski definition) is 6. The van der Waals surface area contributed by atoms with Gasteiger partial charge in [-0.3, -0.25) is 9.59 Å². The molecule has 0 radical (unpaired) electrons. The second kappa shape index (κ2) is 9.83. The Hall–Kier alpha value is -3.20. The van der Waals surface area contributed by atoms with Crippen molar-refractivity contribution in [2.45, 2.75) is 25.9 Å². The number of amides is 2. The number of rotatable bonds is 9. The topological polar surface area (TPSA) is 98.1 Å². The summed E-state index contributed by atoms with van der Waals surface area (Å²) in [4.78, 5) is 25.4. The summed E-state index contributed by atoms with van der Waals surface area (Å²) in [7, 11) is 1.60. The lowest BCUT2D eigenvalue weighted by molar-refractivity contribution is -0.120. The molecule has 1 atom stereocenters. The van der Waals surface area contributed by atoms with E-state index in [0.717, 1.165) is 16.2 Å². The zero-order valence-corrected chi connectivity index (χ0v) is 17.1. The molecule has 29 heavy (non-hydrogen) atoms. The molecule has 2 N–H and O–H groups in total. The Morgan fingerprint density at radius 1 is 1.24 bits per heavy atom. The number of aromatic nitrogens is 3. The monoisotopic (exact) mass is 413 g/mol. The molecule has 0 aliphatic carbocycles. The number of nitrogens with zero attached hydrogens (tertiary/aromatic N) is 3. The van der Waals surface area contributed by atoms with Crippen LogP contribution in [0.25, 0.3) is 0 Å². The maximum atomic E-state index is 12.3. The van der Waals surface area contributed by atoms with Gasteiger partial charge in [0.25, 0.3) is 5.91 Å². The summed E-state index contributed by atoms with van der Waals surface area (Å²) < 4.78 is 6.64. The maximum absolute atomic E-state index is 12.3. The largest absolute Gasteiger partial charge is 0.497 e. The average molecular weight is 414 g/mol. The molecular weight excluding hydrogens is 390 g/mol. The average Bonchev–Trinajstić information content (AvgIpc) is 3.41. The van der Waals surface area contributed by atoms with Gasteiger partial charge in [0.1, 0.15) is 5.75 Å². The zero-order valence-electron chi connectivity index (χ0n) is 16.3. The van der Waals surface area contributed by atoms with Gasteiger partial charge in [-0.1, -0.05) is 23.4 Å². The van der Waals surface area contributed by atoms with Gasteiger partial charge in [-0.05, 0) is 36.1 Å². The fraction of sp³-hybridized carbons (Fsp3) is 0.300. The molecule has 0 aliphatic rings. The van der Waals surface area contributed by atoms with Crippen molar-refractivity contribution in [3.05, 3.63) is 64.1 Å². The first-order valence-corrected chi connectivity index (χ1v) is 10.1. The summed E-state index contributed by atoms with van der Waals surface area (Å²) in [5.41, 5.74) is 1.15. The Labute approximate surface area is 172 Å². The maximum Gasteiger partial charge on any atom is 0.273 e. The molecule has 0 saturated heterocycles. The summed E-state index contributed by atoms with van der Waals surface area (Å²) in [6, 6.07) is 11.2. The third-order valence-electron chi connectivity index (χ3n) is 4.28. The van der Waals surface area contributed by atoms with Gasteiger partial charge in [-0.25, -0.2) is 4.68 Å². The van der Waals surface area contributed by atoms with Crippen molar-refractivity contribution in [3.8, 4) is 5.75 Å². The van der Waals surface area contributed by atoms with Gasteiger partial charge in [0, 0.05) is 11.4 Å². The molecule has 0 spiro atoms. The fourth-order valence-electron chi connectivity index (χ4n) is 2.69. The first-order chi connectivity index (χ1) is 14.0. The molecule has 2 aromatic heterocycles. The second-order valence-corrected chi connectivity index (χ2v) is 7.43. The molecule has 3 rings (SSSR count). The van der Waals surface area contributed by atoms with Crippen molar-refractivity contribution in [2.24, 2.45) is 0 Å². The van der Waals surface area contributed by atoms with Gasteiger partial charge in [-0.15, -0.1) is 16.4 Å². The first kappa shape index (κ1) is 20.5. The zero-order chi connectivity index (χ0) is 20.6. The van der Waals surface area contributed by atoms with E-state index in [1.54, 1.807) is 29.3 Å². The highest BCUT2D eigenvalue weighted by molar-refractivity contribution is 7.10. The molecule has 0 aliphatic heterocycles. The predicted molar refractivity (Wildman–Crippen MR) is 110 cm³/mol. The van der Waals surface area contributed by atoms with E-state index in [1.165, 1.54) is 0 Å². The minimum Gasteiger partial charge on any atom is -0.497 e. The van der Waals surface area contributed by atoms with Gasteiger partial charge in [0.2, 0.25) is 5.91 Å². The van der Waals surface area contributed by atoms with E-state index in [-0.39, 0.29) is 30.0 Å². The van der Waals surface area contributed by atoms with Crippen LogP contribution in [0.3, 0.4) is 0 Å². The van der Waals surface area contributed by atoms with Crippen LogP contribution < -0.4 is 15.4 Å². The summed E-state index contributed by atoms with van der Waals surface area (Å²) >= 11 is 1.59. The number of ether oxygens (including phenoxy) is 1. The Bertz CT molecular complexity index is 937. The van der Waals surface area contributed by atoms with Crippen molar-refractivity contribution >= 4 is 23.2 Å². The molecule has 1 aromatic carbocycles. The van der Waals surface area contributed by atoms with E-state index in [1.807, 2.05) is 48.7 Å². The standard InChI is InChI=1S/C20H23N5O3S/c1-14(18-4-3-11-29-18)22-20(27)17-13-25(24-23-17)10-9-21-19(26)12-15-5-7-16(28-2)8-6-15/h3-8,11,13-14H,9-10,12H2,1-2H3,(H,21,26)(H,22,27). The van der Waals surface area contributed by atoms with Crippen molar-refractivity contribution in [1.82, 2.24) is 25.6 Å². The number of benzene rings is 1. The molecule has 152 valence electrons. The van der Waals surface area contributed by atoms with E-state index in [0.29, 0.717) is 13.1 Å². The highest BCUT2D eigenvalue weighted by Gasteiger charge is 2.15. The van der Waals surface area contributed by atoms with Crippen LogP contribution in [0.4, 0.5) is 0 Å². The van der Waals surface area contributed by atoms with E-state index < -0.39 is 0 Å². The molecule has 8 nitrogen and oxygen atoms in total. The molecule has 0 saturated carbocycles. The molecule has 2 amide bonds. The molecule has 0 fully saturated rings. The van der Waals surface area contributed by atoms with Crippen LogP contribution in [-0.4, -0.2) is 40.5 Å². The van der Waals surface area contributed by atoms with Crippen LogP contribution in [-0.2, 0) is 17.8 Å². The van der Waals surface area contributed by atoms with E-state index in [2.05, 4.69) is 20.9 Å². The second-order valence-electron chi connectivity index (χ2n) is 6.45. The van der Waals surface area contributed by atoms with Gasteiger partial charge < -0.3 is 15.4 Å². The quantitative estimate of drug-likeness (QED) is 0.560. The number of methoxy groups -OCH3 is 1. The minimum absolute atomic E-state index is 0.0852. The number of carbonyl (C=O) groups excluding carboxylic acids is 2. The lowest BCUT2D eigenvalue weighted by Crippen LogP contribution is -2.28. The molecule has 2 heterocycles. The summed E-state index contributed by atoms with van der Waals surface area (Å²) in [6.45, 7) is 2.74. The van der Waals surface area contributed by atoms with Crippen molar-refractivity contribution in [1.29, 1.82) is 0 Å². The van der Waals surface area contributed by atoms with Gasteiger partial charge >= 0.3 is 0 Å². The molecular formula is C20H23N5O3S. The summed E-state index contributed by atoms with van der Waals surface area (Å²) in [6.07, 6.45) is 1.86. The number of hydrogen-bond donors (Lipinski definition) is 2. The van der Waals surface area contributed by atoms with Gasteiger partial charge in [-0.2, -0.15) is 0 Å². The van der Waals surface area contributed by atoms with Crippen molar-refractivity contribution in [3.63, 3.8) is 0 Å². The van der Waals surface area contributed by atoms with Crippen LogP contribution in [0, 0.1) is 0 Å². The van der Waals surface area contributed by atoms with Crippen LogP contribution in [0.5, 0.6) is 5.75 Å². The highest BCUT2D eigenvalue weighted by atomic mass is 32.1. The third-order valence-corrected chi connectivity index (χ3v) is 5.33. The SMILES string of the molecule is COc1ccc(CC(=O)NCCn2cc(C(=O)NC(C)c3cccs3)nn2)cc1. The summed E-state index contributed by atoms with van der Waals surface area (Å²) in [5, 5.41) is 15.6. The lowest BCUT2D eigenvalue weighted by atomic mass is 10.1. The van der Waals surface area contributed by atoms with Crippen LogP contribution in [0.2, 0.25) is 0 Å². The molecule has 0 bridgehead atoms. The Morgan fingerprint density at radius 2 is 2.03 bits per heavy atom. The molecule has 1 unspecified atom stereocenters. The van der Waals surface area contributed by atoms with Crippen molar-refractivity contribution in [2.75, 3.05) is 13.7 Å². The number of thiophene rings is 1. The smallest absolute Gasteiger partial charge is 0.273 e. The van der Waals surface area contributed by atoms with Crippen LogP contribution in [0.1, 0.15) is 33.9 Å². The highest BCUT2D eigenvalue weighted by Crippen LogP contribution is 2.18. The van der Waals surface area contributed by atoms with E-state index >= 15 is 0 Å². The first-order valence-electron chi connectivity index (χ1n) is 9.19. The molecule has 9 heteroatoms. The predicted octanol–water partition coefficient (Wildman–Crippen LogP) is 2.20.